The van der Waals surface area contributed by atoms with E-state index in [1.807, 2.05) is 4.57 Å². The number of fused-ring (bicyclic) bond motifs is 1. The highest BCUT2D eigenvalue weighted by atomic mass is 35.5. The molecule has 0 atom stereocenters. The zero-order valence-corrected chi connectivity index (χ0v) is 11.2. The van der Waals surface area contributed by atoms with Gasteiger partial charge in [0.25, 0.3) is 0 Å². The average Bonchev–Trinajstić information content (AvgIpc) is 3.07. The molecule has 0 spiro atoms. The third-order valence-electron chi connectivity index (χ3n) is 3.14. The van der Waals surface area contributed by atoms with Crippen molar-refractivity contribution >= 4 is 22.6 Å². The Kier molecular flexibility index (Phi) is 3.40. The number of alkyl halides is 1. The van der Waals surface area contributed by atoms with Crippen LogP contribution < -0.4 is 0 Å². The summed E-state index contributed by atoms with van der Waals surface area (Å²) in [6.45, 7) is 1.01. The number of aromatic nitrogens is 4. The fourth-order valence-corrected chi connectivity index (χ4v) is 2.39. The number of rotatable bonds is 4. The highest BCUT2D eigenvalue weighted by Crippen LogP contribution is 2.23. The van der Waals surface area contributed by atoms with Gasteiger partial charge in [-0.25, -0.2) is 18.7 Å². The Labute approximate surface area is 118 Å². The van der Waals surface area contributed by atoms with Crippen molar-refractivity contribution in [2.45, 2.75) is 19.0 Å². The van der Waals surface area contributed by atoms with Crippen molar-refractivity contribution in [3.05, 3.63) is 48.3 Å². The van der Waals surface area contributed by atoms with Crippen LogP contribution in [-0.2, 0) is 19.0 Å². The molecule has 0 fully saturated rings. The lowest BCUT2D eigenvalue weighted by Gasteiger charge is -2.09. The number of imidazole rings is 2. The van der Waals surface area contributed by atoms with Gasteiger partial charge in [0.05, 0.1) is 17.7 Å². The lowest BCUT2D eigenvalue weighted by molar-refractivity contribution is 0.505. The molecule has 0 radical (unpaired) electrons. The minimum Gasteiger partial charge on any atom is -0.336 e. The van der Waals surface area contributed by atoms with E-state index in [1.54, 1.807) is 23.3 Å². The molecule has 3 rings (SSSR count). The number of aryl methyl sites for hydroxylation is 2. The molecule has 4 nitrogen and oxygen atoms in total. The van der Waals surface area contributed by atoms with Gasteiger partial charge in [0.15, 0.2) is 11.6 Å². The molecular weight excluding hydrogens is 286 g/mol. The largest absolute Gasteiger partial charge is 0.336 e. The van der Waals surface area contributed by atoms with Gasteiger partial charge in [-0.05, 0) is 12.1 Å². The van der Waals surface area contributed by atoms with Crippen molar-refractivity contribution in [2.75, 3.05) is 0 Å². The highest BCUT2D eigenvalue weighted by Gasteiger charge is 2.16. The first-order valence-corrected chi connectivity index (χ1v) is 6.59. The van der Waals surface area contributed by atoms with Gasteiger partial charge in [-0.15, -0.1) is 11.6 Å². The van der Waals surface area contributed by atoms with Gasteiger partial charge >= 0.3 is 0 Å². The standard InChI is InChI=1S/C13H11ClF2N4/c14-7-11-18-10-2-1-9(15)12(16)13(10)20(11)6-5-19-4-3-17-8-19/h1-4,8H,5-7H2. The molecule has 7 heteroatoms. The van der Waals surface area contributed by atoms with E-state index < -0.39 is 11.6 Å². The van der Waals surface area contributed by atoms with Gasteiger partial charge in [0, 0.05) is 25.5 Å². The molecule has 0 saturated heterocycles. The molecule has 0 unspecified atom stereocenters. The summed E-state index contributed by atoms with van der Waals surface area (Å²) in [5.41, 5.74) is 0.561. The maximum atomic E-state index is 14.0. The van der Waals surface area contributed by atoms with E-state index in [4.69, 9.17) is 11.6 Å². The Balaban J connectivity index is 2.05. The summed E-state index contributed by atoms with van der Waals surface area (Å²) in [6.07, 6.45) is 5.13. The fraction of sp³-hybridized carbons (Fsp3) is 0.231. The maximum absolute atomic E-state index is 14.0. The van der Waals surface area contributed by atoms with E-state index >= 15 is 0 Å². The van der Waals surface area contributed by atoms with Crippen LogP contribution in [0.5, 0.6) is 0 Å². The maximum Gasteiger partial charge on any atom is 0.184 e. The number of hydrogen-bond donors (Lipinski definition) is 0. The van der Waals surface area contributed by atoms with Crippen LogP contribution in [0.15, 0.2) is 30.9 Å². The third-order valence-corrected chi connectivity index (χ3v) is 3.38. The highest BCUT2D eigenvalue weighted by molar-refractivity contribution is 6.16. The Morgan fingerprint density at radius 1 is 1.20 bits per heavy atom. The Morgan fingerprint density at radius 2 is 2.05 bits per heavy atom. The van der Waals surface area contributed by atoms with Crippen LogP contribution in [-0.4, -0.2) is 19.1 Å². The summed E-state index contributed by atoms with van der Waals surface area (Å²) in [5.74, 6) is -1.12. The van der Waals surface area contributed by atoms with Gasteiger partial charge in [0.1, 0.15) is 11.3 Å². The average molecular weight is 297 g/mol. The van der Waals surface area contributed by atoms with Crippen LogP contribution in [0.1, 0.15) is 5.82 Å². The summed E-state index contributed by atoms with van der Waals surface area (Å²) in [5, 5.41) is 0. The van der Waals surface area contributed by atoms with E-state index in [0.717, 1.165) is 6.07 Å². The molecule has 3 aromatic rings. The lowest BCUT2D eigenvalue weighted by Crippen LogP contribution is -2.09. The molecule has 0 N–H and O–H groups in total. The van der Waals surface area contributed by atoms with E-state index in [2.05, 4.69) is 9.97 Å². The molecule has 1 aromatic carbocycles. The Bertz CT molecular complexity index is 736. The van der Waals surface area contributed by atoms with Crippen LogP contribution in [0.2, 0.25) is 0 Å². The van der Waals surface area contributed by atoms with Gasteiger partial charge in [-0.2, -0.15) is 0 Å². The van der Waals surface area contributed by atoms with E-state index in [-0.39, 0.29) is 11.4 Å². The zero-order valence-electron chi connectivity index (χ0n) is 10.4. The first kappa shape index (κ1) is 13.1. The molecule has 2 heterocycles. The molecule has 0 saturated carbocycles. The summed E-state index contributed by atoms with van der Waals surface area (Å²) in [4.78, 5) is 8.17. The van der Waals surface area contributed by atoms with Crippen molar-refractivity contribution in [3.63, 3.8) is 0 Å². The first-order valence-electron chi connectivity index (χ1n) is 6.05. The van der Waals surface area contributed by atoms with E-state index in [9.17, 15) is 8.78 Å². The van der Waals surface area contributed by atoms with Crippen molar-refractivity contribution in [1.82, 2.24) is 19.1 Å². The van der Waals surface area contributed by atoms with E-state index in [0.29, 0.717) is 24.4 Å². The number of benzene rings is 1. The zero-order chi connectivity index (χ0) is 14.1. The lowest BCUT2D eigenvalue weighted by atomic mass is 10.3. The fourth-order valence-electron chi connectivity index (χ4n) is 2.18. The van der Waals surface area contributed by atoms with Gasteiger partial charge in [-0.3, -0.25) is 0 Å². The first-order chi connectivity index (χ1) is 9.70. The predicted molar refractivity (Wildman–Crippen MR) is 71.4 cm³/mol. The molecule has 0 aliphatic heterocycles. The van der Waals surface area contributed by atoms with Crippen molar-refractivity contribution in [3.8, 4) is 0 Å². The molecule has 2 aromatic heterocycles. The van der Waals surface area contributed by atoms with Crippen LogP contribution in [0, 0.1) is 11.6 Å². The number of halogens is 3. The van der Waals surface area contributed by atoms with Crippen molar-refractivity contribution < 1.29 is 8.78 Å². The summed E-state index contributed by atoms with van der Waals surface area (Å²) in [6, 6.07) is 2.53. The molecule has 0 aliphatic rings. The van der Waals surface area contributed by atoms with Gasteiger partial charge in [0.2, 0.25) is 0 Å². The predicted octanol–water partition coefficient (Wildman–Crippen LogP) is 2.95. The molecule has 0 bridgehead atoms. The van der Waals surface area contributed by atoms with Crippen LogP contribution in [0.3, 0.4) is 0 Å². The summed E-state index contributed by atoms with van der Waals surface area (Å²) >= 11 is 5.84. The van der Waals surface area contributed by atoms with Crippen molar-refractivity contribution in [1.29, 1.82) is 0 Å². The molecule has 0 aliphatic carbocycles. The Morgan fingerprint density at radius 3 is 2.75 bits per heavy atom. The Hall–Kier alpha value is -1.95. The summed E-state index contributed by atoms with van der Waals surface area (Å²) in [7, 11) is 0. The van der Waals surface area contributed by atoms with E-state index in [1.165, 1.54) is 6.07 Å². The second kappa shape index (κ2) is 5.20. The monoisotopic (exact) mass is 296 g/mol. The number of nitrogens with zero attached hydrogens (tertiary/aromatic N) is 4. The smallest absolute Gasteiger partial charge is 0.184 e. The van der Waals surface area contributed by atoms with Crippen LogP contribution >= 0.6 is 11.6 Å². The van der Waals surface area contributed by atoms with Crippen LogP contribution in [0.25, 0.3) is 11.0 Å². The summed E-state index contributed by atoms with van der Waals surface area (Å²) < 4.78 is 30.8. The quantitative estimate of drug-likeness (QED) is 0.694. The third kappa shape index (κ3) is 2.16. The molecule has 104 valence electrons. The molecule has 20 heavy (non-hydrogen) atoms. The number of hydrogen-bond acceptors (Lipinski definition) is 2. The van der Waals surface area contributed by atoms with Gasteiger partial charge < -0.3 is 9.13 Å². The topological polar surface area (TPSA) is 35.6 Å². The SMILES string of the molecule is Fc1ccc2nc(CCl)n(CCn3ccnc3)c2c1F. The minimum absolute atomic E-state index is 0.139. The molecular formula is C13H11ClF2N4. The van der Waals surface area contributed by atoms with Gasteiger partial charge in [-0.1, -0.05) is 0 Å². The van der Waals surface area contributed by atoms with Crippen LogP contribution in [0.4, 0.5) is 8.78 Å². The molecule has 0 amide bonds. The normalized spacial score (nSPS) is 11.3. The second-order valence-corrected chi connectivity index (χ2v) is 4.61. The van der Waals surface area contributed by atoms with Crippen molar-refractivity contribution in [2.24, 2.45) is 0 Å². The second-order valence-electron chi connectivity index (χ2n) is 4.34. The minimum atomic E-state index is -0.892.